The molecule has 0 aliphatic rings. The van der Waals surface area contributed by atoms with E-state index in [9.17, 15) is 4.79 Å². The summed E-state index contributed by atoms with van der Waals surface area (Å²) in [6.07, 6.45) is 8.39. The van der Waals surface area contributed by atoms with Crippen molar-refractivity contribution >= 4 is 30.1 Å². The molecule has 0 atom stereocenters. The fourth-order valence-electron chi connectivity index (χ4n) is 2.61. The van der Waals surface area contributed by atoms with Crippen molar-refractivity contribution < 1.29 is 4.79 Å². The van der Waals surface area contributed by atoms with Gasteiger partial charge >= 0.3 is 0 Å². The van der Waals surface area contributed by atoms with Crippen molar-refractivity contribution in [2.45, 2.75) is 13.8 Å². The van der Waals surface area contributed by atoms with Gasteiger partial charge in [-0.25, -0.2) is 0 Å². The highest BCUT2D eigenvalue weighted by Gasteiger charge is 1.97. The minimum absolute atomic E-state index is 0.0924. The van der Waals surface area contributed by atoms with Crippen LogP contribution < -0.4 is 0 Å². The fourth-order valence-corrected chi connectivity index (χ4v) is 2.61. The lowest BCUT2D eigenvalue weighted by Crippen LogP contribution is -1.90. The Morgan fingerprint density at radius 2 is 0.885 bits per heavy atom. The second-order valence-corrected chi connectivity index (χ2v) is 6.42. The Hall–Kier alpha value is -3.19. The first-order chi connectivity index (χ1) is 12.6. The van der Waals surface area contributed by atoms with Gasteiger partial charge in [-0.2, -0.15) is 0 Å². The first kappa shape index (κ1) is 17.6. The summed E-state index contributed by atoms with van der Waals surface area (Å²) in [6.45, 7) is 3.68. The summed E-state index contributed by atoms with van der Waals surface area (Å²) in [5.41, 5.74) is 6.62. The van der Waals surface area contributed by atoms with E-state index in [2.05, 4.69) is 79.8 Å². The topological polar surface area (TPSA) is 17.1 Å². The first-order valence-electron chi connectivity index (χ1n) is 8.74. The molecule has 0 radical (unpaired) electrons. The molecule has 26 heavy (non-hydrogen) atoms. The molecule has 0 unspecified atom stereocenters. The number of hydrogen-bond donors (Lipinski definition) is 0. The minimum Gasteiger partial charge on any atom is -0.295 e. The van der Waals surface area contributed by atoms with E-state index in [1.807, 2.05) is 24.3 Å². The van der Waals surface area contributed by atoms with Crippen LogP contribution in [0.15, 0.2) is 72.8 Å². The van der Waals surface area contributed by atoms with Crippen LogP contribution in [0.5, 0.6) is 0 Å². The van der Waals surface area contributed by atoms with E-state index in [0.29, 0.717) is 0 Å². The number of aryl methyl sites for hydroxylation is 1. The highest BCUT2D eigenvalue weighted by molar-refractivity contribution is 5.94. The zero-order valence-electron chi connectivity index (χ0n) is 15.1. The summed E-state index contributed by atoms with van der Waals surface area (Å²) >= 11 is 0. The van der Waals surface area contributed by atoms with Crippen LogP contribution in [0.2, 0.25) is 0 Å². The second kappa shape index (κ2) is 8.26. The van der Waals surface area contributed by atoms with E-state index >= 15 is 0 Å². The van der Waals surface area contributed by atoms with Crippen LogP contribution >= 0.6 is 0 Å². The largest absolute Gasteiger partial charge is 0.295 e. The van der Waals surface area contributed by atoms with E-state index in [4.69, 9.17) is 0 Å². The van der Waals surface area contributed by atoms with Crippen LogP contribution in [0.1, 0.15) is 45.1 Å². The minimum atomic E-state index is 0.0924. The van der Waals surface area contributed by atoms with E-state index < -0.39 is 0 Å². The van der Waals surface area contributed by atoms with E-state index in [0.717, 1.165) is 16.7 Å². The van der Waals surface area contributed by atoms with Gasteiger partial charge < -0.3 is 0 Å². The van der Waals surface area contributed by atoms with Crippen LogP contribution in [0, 0.1) is 6.92 Å². The SMILES string of the molecule is CC(=O)c1ccc(/C=C/c2ccc(/C=C/c3ccc(C)cc3)cc2)cc1. The number of carbonyl (C=O) groups is 1. The number of hydrogen-bond acceptors (Lipinski definition) is 1. The molecule has 0 heterocycles. The molecule has 0 spiro atoms. The van der Waals surface area contributed by atoms with Gasteiger partial charge in [0.25, 0.3) is 0 Å². The van der Waals surface area contributed by atoms with Crippen LogP contribution in [0.4, 0.5) is 0 Å². The van der Waals surface area contributed by atoms with Gasteiger partial charge in [0.05, 0.1) is 0 Å². The fraction of sp³-hybridized carbons (Fsp3) is 0.0800. The van der Waals surface area contributed by atoms with Crippen molar-refractivity contribution in [1.82, 2.24) is 0 Å². The molecule has 0 bridgehead atoms. The van der Waals surface area contributed by atoms with Gasteiger partial charge in [-0.15, -0.1) is 0 Å². The van der Waals surface area contributed by atoms with Crippen molar-refractivity contribution in [3.05, 3.63) is 106 Å². The number of rotatable bonds is 5. The van der Waals surface area contributed by atoms with Crippen molar-refractivity contribution in [2.75, 3.05) is 0 Å². The number of carbonyl (C=O) groups excluding carboxylic acids is 1. The molecule has 0 amide bonds. The normalized spacial score (nSPS) is 11.3. The highest BCUT2D eigenvalue weighted by atomic mass is 16.1. The maximum atomic E-state index is 11.3. The quantitative estimate of drug-likeness (QED) is 0.381. The molecule has 0 aliphatic heterocycles. The first-order valence-corrected chi connectivity index (χ1v) is 8.74. The van der Waals surface area contributed by atoms with Gasteiger partial charge in [0.2, 0.25) is 0 Å². The second-order valence-electron chi connectivity index (χ2n) is 6.42. The van der Waals surface area contributed by atoms with Gasteiger partial charge in [-0.3, -0.25) is 4.79 Å². The molecule has 0 N–H and O–H groups in total. The van der Waals surface area contributed by atoms with Crippen molar-refractivity contribution in [3.8, 4) is 0 Å². The maximum absolute atomic E-state index is 11.3. The third-order valence-electron chi connectivity index (χ3n) is 4.27. The third-order valence-corrected chi connectivity index (χ3v) is 4.27. The molecular weight excluding hydrogens is 316 g/mol. The summed E-state index contributed by atoms with van der Waals surface area (Å²) in [7, 11) is 0. The molecular formula is C25H22O. The Kier molecular flexibility index (Phi) is 5.60. The van der Waals surface area contributed by atoms with Gasteiger partial charge in [0.1, 0.15) is 0 Å². The van der Waals surface area contributed by atoms with Crippen LogP contribution in [-0.2, 0) is 0 Å². The number of ketones is 1. The van der Waals surface area contributed by atoms with Gasteiger partial charge in [-0.05, 0) is 36.1 Å². The monoisotopic (exact) mass is 338 g/mol. The van der Waals surface area contributed by atoms with Crippen molar-refractivity contribution in [1.29, 1.82) is 0 Å². The lowest BCUT2D eigenvalue weighted by Gasteiger charge is -1.99. The van der Waals surface area contributed by atoms with Gasteiger partial charge in [-0.1, -0.05) is 103 Å². The Morgan fingerprint density at radius 1 is 0.577 bits per heavy atom. The lowest BCUT2D eigenvalue weighted by atomic mass is 10.1. The molecule has 0 saturated heterocycles. The summed E-state index contributed by atoms with van der Waals surface area (Å²) in [5, 5.41) is 0. The summed E-state index contributed by atoms with van der Waals surface area (Å²) in [6, 6.07) is 24.6. The Bertz CT molecular complexity index is 925. The average molecular weight is 338 g/mol. The molecule has 1 heteroatoms. The average Bonchev–Trinajstić information content (AvgIpc) is 2.67. The smallest absolute Gasteiger partial charge is 0.159 e. The molecule has 128 valence electrons. The molecule has 0 aromatic heterocycles. The molecule has 3 rings (SSSR count). The maximum Gasteiger partial charge on any atom is 0.159 e. The Balaban J connectivity index is 1.65. The standard InChI is InChI=1S/C25H22O/c1-19-3-5-21(6-4-19)7-8-22-9-11-23(12-10-22)13-14-24-15-17-25(18-16-24)20(2)26/h3-18H,1-2H3/b8-7+,14-13+. The van der Waals surface area contributed by atoms with Crippen LogP contribution in [0.3, 0.4) is 0 Å². The van der Waals surface area contributed by atoms with Crippen molar-refractivity contribution in [2.24, 2.45) is 0 Å². The highest BCUT2D eigenvalue weighted by Crippen LogP contribution is 2.13. The van der Waals surface area contributed by atoms with Crippen LogP contribution in [-0.4, -0.2) is 5.78 Å². The summed E-state index contributed by atoms with van der Waals surface area (Å²) < 4.78 is 0. The van der Waals surface area contributed by atoms with Gasteiger partial charge in [0, 0.05) is 5.56 Å². The zero-order valence-corrected chi connectivity index (χ0v) is 15.1. The number of benzene rings is 3. The number of Topliss-reactive ketones (excluding diaryl/α,β-unsaturated/α-hetero) is 1. The molecule has 3 aromatic rings. The molecule has 1 nitrogen and oxygen atoms in total. The van der Waals surface area contributed by atoms with Crippen molar-refractivity contribution in [3.63, 3.8) is 0 Å². The Morgan fingerprint density at radius 3 is 1.23 bits per heavy atom. The summed E-state index contributed by atoms with van der Waals surface area (Å²) in [5.74, 6) is 0.0924. The zero-order chi connectivity index (χ0) is 18.4. The predicted octanol–water partition coefficient (Wildman–Crippen LogP) is 6.54. The summed E-state index contributed by atoms with van der Waals surface area (Å²) in [4.78, 5) is 11.3. The van der Waals surface area contributed by atoms with Gasteiger partial charge in [0.15, 0.2) is 5.78 Å². The third kappa shape index (κ3) is 4.90. The van der Waals surface area contributed by atoms with Crippen LogP contribution in [0.25, 0.3) is 24.3 Å². The molecule has 0 saturated carbocycles. The van der Waals surface area contributed by atoms with E-state index in [1.54, 1.807) is 6.92 Å². The van der Waals surface area contributed by atoms with E-state index in [-0.39, 0.29) is 5.78 Å². The predicted molar refractivity (Wildman–Crippen MR) is 112 cm³/mol. The van der Waals surface area contributed by atoms with E-state index in [1.165, 1.54) is 16.7 Å². The Labute approximate surface area is 155 Å². The molecule has 3 aromatic carbocycles. The molecule has 0 fully saturated rings. The lowest BCUT2D eigenvalue weighted by molar-refractivity contribution is 0.101. The molecule has 0 aliphatic carbocycles.